The smallest absolute Gasteiger partial charge is 0.181 e. The van der Waals surface area contributed by atoms with E-state index >= 15 is 0 Å². The van der Waals surface area contributed by atoms with Crippen molar-refractivity contribution in [2.24, 2.45) is 0 Å². The van der Waals surface area contributed by atoms with Crippen molar-refractivity contribution >= 4 is 33.9 Å². The number of piperazine rings is 1. The van der Waals surface area contributed by atoms with Crippen LogP contribution in [0.1, 0.15) is 5.69 Å². The van der Waals surface area contributed by atoms with E-state index in [4.69, 9.17) is 5.73 Å². The average Bonchev–Trinajstić information content (AvgIpc) is 2.87. The molecule has 0 spiro atoms. The van der Waals surface area contributed by atoms with Crippen LogP contribution in [0.2, 0.25) is 0 Å². The van der Waals surface area contributed by atoms with Gasteiger partial charge in [0.25, 0.3) is 0 Å². The first-order chi connectivity index (χ1) is 10.7. The minimum absolute atomic E-state index is 0.677. The molecule has 0 unspecified atom stereocenters. The summed E-state index contributed by atoms with van der Waals surface area (Å²) in [6.45, 7) is 7.67. The molecular weight excluding hydrogens is 312 g/mol. The Kier molecular flexibility index (Phi) is 5.23. The SMILES string of the molecule is Cc1nc(N)sc1SCCN1CCN(c2ccccc2)CC1. The van der Waals surface area contributed by atoms with Gasteiger partial charge in [0, 0.05) is 44.2 Å². The second kappa shape index (κ2) is 7.35. The van der Waals surface area contributed by atoms with Crippen LogP contribution in [-0.4, -0.2) is 48.4 Å². The molecule has 1 aliphatic rings. The summed E-state index contributed by atoms with van der Waals surface area (Å²) in [5.41, 5.74) is 8.15. The number of nitrogen functional groups attached to an aromatic ring is 1. The lowest BCUT2D eigenvalue weighted by Crippen LogP contribution is -2.47. The van der Waals surface area contributed by atoms with Crippen molar-refractivity contribution in [2.45, 2.75) is 11.1 Å². The number of para-hydroxylation sites is 1. The maximum absolute atomic E-state index is 5.74. The number of hydrogen-bond donors (Lipinski definition) is 1. The highest BCUT2D eigenvalue weighted by atomic mass is 32.2. The van der Waals surface area contributed by atoms with E-state index in [0.29, 0.717) is 5.13 Å². The third-order valence-electron chi connectivity index (χ3n) is 3.90. The van der Waals surface area contributed by atoms with Gasteiger partial charge in [0.1, 0.15) is 0 Å². The lowest BCUT2D eigenvalue weighted by Gasteiger charge is -2.36. The summed E-state index contributed by atoms with van der Waals surface area (Å²) >= 11 is 3.48. The summed E-state index contributed by atoms with van der Waals surface area (Å²) in [5, 5.41) is 0.677. The fraction of sp³-hybridized carbons (Fsp3) is 0.438. The number of aromatic nitrogens is 1. The Morgan fingerprint density at radius 2 is 1.91 bits per heavy atom. The van der Waals surface area contributed by atoms with E-state index in [9.17, 15) is 0 Å². The minimum atomic E-state index is 0.677. The average molecular weight is 335 g/mol. The molecule has 0 radical (unpaired) electrons. The van der Waals surface area contributed by atoms with Gasteiger partial charge in [0.15, 0.2) is 5.13 Å². The standard InChI is InChI=1S/C16H22N4S2/c1-13-15(22-16(17)18-13)21-12-11-19-7-9-20(10-8-19)14-5-3-2-4-6-14/h2-6H,7-12H2,1H3,(H2,17,18). The number of nitrogens with zero attached hydrogens (tertiary/aromatic N) is 3. The number of anilines is 2. The first-order valence-electron chi connectivity index (χ1n) is 7.60. The van der Waals surface area contributed by atoms with Crippen LogP contribution in [-0.2, 0) is 0 Å². The minimum Gasteiger partial charge on any atom is -0.375 e. The molecule has 0 bridgehead atoms. The third kappa shape index (κ3) is 3.94. The van der Waals surface area contributed by atoms with Gasteiger partial charge in [0.2, 0.25) is 0 Å². The van der Waals surface area contributed by atoms with Gasteiger partial charge in [-0.15, -0.1) is 11.8 Å². The first-order valence-corrected chi connectivity index (χ1v) is 9.40. The molecule has 1 saturated heterocycles. The van der Waals surface area contributed by atoms with Crippen LogP contribution < -0.4 is 10.6 Å². The van der Waals surface area contributed by atoms with Gasteiger partial charge in [-0.1, -0.05) is 29.5 Å². The van der Waals surface area contributed by atoms with E-state index in [1.165, 1.54) is 9.90 Å². The van der Waals surface area contributed by atoms with E-state index < -0.39 is 0 Å². The Balaban J connectivity index is 1.42. The molecule has 1 aliphatic heterocycles. The molecule has 4 nitrogen and oxygen atoms in total. The lowest BCUT2D eigenvalue weighted by atomic mass is 10.2. The maximum Gasteiger partial charge on any atom is 0.181 e. The molecule has 3 rings (SSSR count). The molecule has 1 aromatic heterocycles. The van der Waals surface area contributed by atoms with Gasteiger partial charge in [-0.05, 0) is 19.1 Å². The number of thiazole rings is 1. The van der Waals surface area contributed by atoms with Crippen LogP contribution in [0, 0.1) is 6.92 Å². The van der Waals surface area contributed by atoms with Crippen LogP contribution in [0.4, 0.5) is 10.8 Å². The first kappa shape index (κ1) is 15.6. The number of nitrogens with two attached hydrogens (primary N) is 1. The number of hydrogen-bond acceptors (Lipinski definition) is 6. The zero-order chi connectivity index (χ0) is 15.4. The van der Waals surface area contributed by atoms with Gasteiger partial charge in [-0.2, -0.15) is 0 Å². The fourth-order valence-corrected chi connectivity index (χ4v) is 4.77. The molecule has 1 fully saturated rings. The molecule has 118 valence electrons. The summed E-state index contributed by atoms with van der Waals surface area (Å²) in [6.07, 6.45) is 0. The molecule has 0 saturated carbocycles. The zero-order valence-electron chi connectivity index (χ0n) is 12.9. The molecule has 0 atom stereocenters. The molecule has 6 heteroatoms. The summed E-state index contributed by atoms with van der Waals surface area (Å²) < 4.78 is 1.26. The Labute approximate surface area is 140 Å². The number of aryl methyl sites for hydroxylation is 1. The van der Waals surface area contributed by atoms with E-state index in [1.54, 1.807) is 11.3 Å². The Hall–Kier alpha value is -1.24. The second-order valence-corrected chi connectivity index (χ2v) is 7.83. The predicted octanol–water partition coefficient (Wildman–Crippen LogP) is 2.95. The van der Waals surface area contributed by atoms with E-state index in [1.807, 2.05) is 18.7 Å². The lowest BCUT2D eigenvalue weighted by molar-refractivity contribution is 0.273. The van der Waals surface area contributed by atoms with E-state index in [2.05, 4.69) is 45.1 Å². The highest BCUT2D eigenvalue weighted by Gasteiger charge is 2.17. The van der Waals surface area contributed by atoms with Crippen molar-refractivity contribution in [3.05, 3.63) is 36.0 Å². The molecule has 0 amide bonds. The molecule has 2 heterocycles. The Morgan fingerprint density at radius 3 is 2.55 bits per heavy atom. The van der Waals surface area contributed by atoms with Gasteiger partial charge in [-0.25, -0.2) is 4.98 Å². The molecular formula is C16H22N4S2. The van der Waals surface area contributed by atoms with Crippen molar-refractivity contribution in [3.63, 3.8) is 0 Å². The van der Waals surface area contributed by atoms with E-state index in [-0.39, 0.29) is 0 Å². The van der Waals surface area contributed by atoms with Crippen LogP contribution in [0.15, 0.2) is 34.5 Å². The van der Waals surface area contributed by atoms with Crippen LogP contribution in [0.5, 0.6) is 0 Å². The van der Waals surface area contributed by atoms with Crippen LogP contribution in [0.25, 0.3) is 0 Å². The van der Waals surface area contributed by atoms with Crippen LogP contribution in [0.3, 0.4) is 0 Å². The highest BCUT2D eigenvalue weighted by Crippen LogP contribution is 2.30. The normalized spacial score (nSPS) is 16.1. The van der Waals surface area contributed by atoms with E-state index in [0.717, 1.165) is 44.2 Å². The highest BCUT2D eigenvalue weighted by molar-refractivity contribution is 8.01. The quantitative estimate of drug-likeness (QED) is 0.852. The number of thioether (sulfide) groups is 1. The molecule has 0 aliphatic carbocycles. The summed E-state index contributed by atoms with van der Waals surface area (Å²) in [7, 11) is 0. The summed E-state index contributed by atoms with van der Waals surface area (Å²) in [6, 6.07) is 10.7. The van der Waals surface area contributed by atoms with Crippen LogP contribution >= 0.6 is 23.1 Å². The fourth-order valence-electron chi connectivity index (χ4n) is 2.67. The van der Waals surface area contributed by atoms with Gasteiger partial charge in [0.05, 0.1) is 9.90 Å². The molecule has 22 heavy (non-hydrogen) atoms. The van der Waals surface area contributed by atoms with Crippen molar-refractivity contribution < 1.29 is 0 Å². The summed E-state index contributed by atoms with van der Waals surface area (Å²) in [5.74, 6) is 1.10. The summed E-state index contributed by atoms with van der Waals surface area (Å²) in [4.78, 5) is 9.29. The third-order valence-corrected chi connectivity index (χ3v) is 6.23. The zero-order valence-corrected chi connectivity index (χ0v) is 14.5. The molecule has 1 aromatic carbocycles. The number of rotatable bonds is 5. The molecule has 2 aromatic rings. The molecule has 2 N–H and O–H groups in total. The Morgan fingerprint density at radius 1 is 1.18 bits per heavy atom. The Bertz CT molecular complexity index is 591. The monoisotopic (exact) mass is 334 g/mol. The topological polar surface area (TPSA) is 45.4 Å². The van der Waals surface area contributed by atoms with Gasteiger partial charge in [-0.3, -0.25) is 4.90 Å². The largest absolute Gasteiger partial charge is 0.375 e. The van der Waals surface area contributed by atoms with Crippen molar-refractivity contribution in [1.29, 1.82) is 0 Å². The van der Waals surface area contributed by atoms with Crippen molar-refractivity contribution in [1.82, 2.24) is 9.88 Å². The van der Waals surface area contributed by atoms with Crippen molar-refractivity contribution in [2.75, 3.05) is 49.1 Å². The maximum atomic E-state index is 5.74. The second-order valence-electron chi connectivity index (χ2n) is 5.44. The van der Waals surface area contributed by atoms with Gasteiger partial charge >= 0.3 is 0 Å². The van der Waals surface area contributed by atoms with Gasteiger partial charge < -0.3 is 10.6 Å². The predicted molar refractivity (Wildman–Crippen MR) is 97.1 cm³/mol. The number of benzene rings is 1. The van der Waals surface area contributed by atoms with Crippen molar-refractivity contribution in [3.8, 4) is 0 Å².